The molecule has 0 heterocycles. The Hall–Kier alpha value is 2.46. The summed E-state index contributed by atoms with van der Waals surface area (Å²) in [5.41, 5.74) is 0. The van der Waals surface area contributed by atoms with E-state index in [1.807, 2.05) is 0 Å². The quantitative estimate of drug-likeness (QED) is 0.360. The van der Waals surface area contributed by atoms with Crippen molar-refractivity contribution in [2.75, 3.05) is 0 Å². The Balaban J connectivity index is 0. The Morgan fingerprint density at radius 3 is 0.400 bits per heavy atom. The summed E-state index contributed by atoms with van der Waals surface area (Å²) in [6, 6.07) is 0. The third-order valence-corrected chi connectivity index (χ3v) is 0. The van der Waals surface area contributed by atoms with E-state index in [1.54, 1.807) is 0 Å². The molecule has 0 unspecified atom stereocenters. The van der Waals surface area contributed by atoms with Gasteiger partial charge in [0.2, 0.25) is 0 Å². The van der Waals surface area contributed by atoms with Crippen molar-refractivity contribution in [1.82, 2.24) is 0 Å². The van der Waals surface area contributed by atoms with Gasteiger partial charge in [0.05, 0.1) is 0 Å². The summed E-state index contributed by atoms with van der Waals surface area (Å²) in [5.74, 6) is 0. The molecule has 5 heteroatoms. The topological polar surface area (TPSA) is 0 Å². The molecule has 0 fully saturated rings. The fraction of sp³-hybridized carbons (Fsp3) is 0. The zero-order chi connectivity index (χ0) is 0. The van der Waals surface area contributed by atoms with E-state index in [0.29, 0.717) is 0 Å². The minimum atomic E-state index is 0. The van der Waals surface area contributed by atoms with Crippen LogP contribution >= 0.6 is 0 Å². The van der Waals surface area contributed by atoms with E-state index in [1.165, 1.54) is 0 Å². The first-order chi connectivity index (χ1) is 0. The van der Waals surface area contributed by atoms with Gasteiger partial charge < -0.3 is 67.9 Å². The van der Waals surface area contributed by atoms with Crippen molar-refractivity contribution in [3.8, 4) is 0 Å². The maximum absolute atomic E-state index is 0. The van der Waals surface area contributed by atoms with Crippen molar-refractivity contribution in [2.24, 2.45) is 0 Å². The standard InChI is InChI=1S/4BrH.Ge/h4*1H;/q;;;;+4/p-4. The van der Waals surface area contributed by atoms with Crippen LogP contribution in [0.15, 0.2) is 0 Å². The van der Waals surface area contributed by atoms with E-state index in [2.05, 4.69) is 0 Å². The van der Waals surface area contributed by atoms with Crippen LogP contribution in [0, 0.1) is 0 Å². The molecule has 0 saturated heterocycles. The molecule has 0 aliphatic carbocycles. The molecule has 0 radical (unpaired) electrons. The monoisotopic (exact) mass is 390 g/mol. The number of hydrogen-bond donors (Lipinski definition) is 0. The SMILES string of the molecule is [Br-].[Br-].[Br-].[Br-].[Ge+4]. The number of halogens is 4. The summed E-state index contributed by atoms with van der Waals surface area (Å²) in [7, 11) is 0. The van der Waals surface area contributed by atoms with Crippen LogP contribution in [0.25, 0.3) is 0 Å². The van der Waals surface area contributed by atoms with Gasteiger partial charge in [-0.25, -0.2) is 0 Å². The van der Waals surface area contributed by atoms with Crippen molar-refractivity contribution < 1.29 is 67.9 Å². The van der Waals surface area contributed by atoms with Crippen LogP contribution in [-0.4, -0.2) is 17.6 Å². The molecule has 0 saturated carbocycles. The van der Waals surface area contributed by atoms with E-state index in [0.717, 1.165) is 0 Å². The molecule has 0 aromatic rings. The molecule has 32 valence electrons. The Labute approximate surface area is 84.5 Å². The smallest absolute Gasteiger partial charge is 1.00 e. The Morgan fingerprint density at radius 2 is 0.400 bits per heavy atom. The molecule has 5 heavy (non-hydrogen) atoms. The first kappa shape index (κ1) is 51.4. The average Bonchev–Trinajstić information content (AvgIpc) is 0. The van der Waals surface area contributed by atoms with Crippen molar-refractivity contribution in [3.05, 3.63) is 0 Å². The van der Waals surface area contributed by atoms with Gasteiger partial charge in [-0.1, -0.05) is 0 Å². The Morgan fingerprint density at radius 1 is 0.400 bits per heavy atom. The zero-order valence-corrected chi connectivity index (χ0v) is 10.5. The van der Waals surface area contributed by atoms with Crippen LogP contribution in [0.1, 0.15) is 0 Å². The van der Waals surface area contributed by atoms with E-state index < -0.39 is 0 Å². The largest absolute Gasteiger partial charge is 4.00 e. The molecule has 0 amide bonds. The van der Waals surface area contributed by atoms with Crippen LogP contribution < -0.4 is 67.9 Å². The summed E-state index contributed by atoms with van der Waals surface area (Å²) in [4.78, 5) is 0. The molecule has 0 spiro atoms. The van der Waals surface area contributed by atoms with Crippen molar-refractivity contribution in [2.45, 2.75) is 0 Å². The van der Waals surface area contributed by atoms with Crippen LogP contribution in [0.3, 0.4) is 0 Å². The molecular weight excluding hydrogens is 392 g/mol. The first-order valence-electron chi connectivity index (χ1n) is 0. The van der Waals surface area contributed by atoms with Gasteiger partial charge in [0.1, 0.15) is 0 Å². The molecule has 0 aromatic heterocycles. The second kappa shape index (κ2) is 31.8. The predicted molar refractivity (Wildman–Crippen MR) is 5.75 cm³/mol. The van der Waals surface area contributed by atoms with E-state index >= 15 is 0 Å². The normalized spacial score (nSPS) is 0. The minimum absolute atomic E-state index is 0. The molecule has 0 aliphatic rings. The number of hydrogen-bond acceptors (Lipinski definition) is 0. The average molecular weight is 392 g/mol. The van der Waals surface area contributed by atoms with Gasteiger partial charge in [0.15, 0.2) is 0 Å². The van der Waals surface area contributed by atoms with Gasteiger partial charge in [-0.05, 0) is 0 Å². The maximum atomic E-state index is 0. The molecule has 0 nitrogen and oxygen atoms in total. The Kier molecular flexibility index (Phi) is 327. The summed E-state index contributed by atoms with van der Waals surface area (Å²) in [5, 5.41) is 0. The molecule has 0 atom stereocenters. The second-order valence-corrected chi connectivity index (χ2v) is 0. The van der Waals surface area contributed by atoms with Crippen LogP contribution in [0.2, 0.25) is 0 Å². The summed E-state index contributed by atoms with van der Waals surface area (Å²) >= 11 is 0. The zero-order valence-electron chi connectivity index (χ0n) is 2.01. The summed E-state index contributed by atoms with van der Waals surface area (Å²) < 4.78 is 0. The van der Waals surface area contributed by atoms with Crippen LogP contribution in [-0.2, 0) is 0 Å². The molecular formula is Br4Ge. The van der Waals surface area contributed by atoms with Gasteiger partial charge in [0.25, 0.3) is 0 Å². The van der Waals surface area contributed by atoms with Gasteiger partial charge in [0, 0.05) is 0 Å². The van der Waals surface area contributed by atoms with E-state index in [9.17, 15) is 0 Å². The van der Waals surface area contributed by atoms with Gasteiger partial charge >= 0.3 is 17.6 Å². The predicted octanol–water partition coefficient (Wildman–Crippen LogP) is -12.4. The third-order valence-electron chi connectivity index (χ3n) is 0. The van der Waals surface area contributed by atoms with Gasteiger partial charge in [-0.3, -0.25) is 0 Å². The minimum Gasteiger partial charge on any atom is -1.00 e. The second-order valence-electron chi connectivity index (χ2n) is 0. The molecule has 0 bridgehead atoms. The van der Waals surface area contributed by atoms with Crippen molar-refractivity contribution in [3.63, 3.8) is 0 Å². The summed E-state index contributed by atoms with van der Waals surface area (Å²) in [6.07, 6.45) is 0. The molecule has 0 N–H and O–H groups in total. The third kappa shape index (κ3) is 21.2. The number of rotatable bonds is 0. The van der Waals surface area contributed by atoms with E-state index in [-0.39, 0.29) is 85.5 Å². The first-order valence-corrected chi connectivity index (χ1v) is 0. The maximum Gasteiger partial charge on any atom is 4.00 e. The van der Waals surface area contributed by atoms with Crippen molar-refractivity contribution in [1.29, 1.82) is 0 Å². The molecule has 0 rings (SSSR count). The molecule has 0 aliphatic heterocycles. The fourth-order valence-corrected chi connectivity index (χ4v) is 0. The van der Waals surface area contributed by atoms with E-state index in [4.69, 9.17) is 0 Å². The van der Waals surface area contributed by atoms with Crippen LogP contribution in [0.5, 0.6) is 0 Å². The summed E-state index contributed by atoms with van der Waals surface area (Å²) in [6.45, 7) is 0. The Bertz CT molecular complexity index is 3.61. The molecule has 0 aromatic carbocycles. The van der Waals surface area contributed by atoms with Gasteiger partial charge in [-0.2, -0.15) is 0 Å². The van der Waals surface area contributed by atoms with Crippen molar-refractivity contribution >= 4 is 17.6 Å². The fourth-order valence-electron chi connectivity index (χ4n) is 0. The van der Waals surface area contributed by atoms with Gasteiger partial charge in [-0.15, -0.1) is 0 Å². The van der Waals surface area contributed by atoms with Crippen LogP contribution in [0.4, 0.5) is 0 Å².